The van der Waals surface area contributed by atoms with Gasteiger partial charge in [0.2, 0.25) is 0 Å². The van der Waals surface area contributed by atoms with Gasteiger partial charge in [-0.05, 0) is 23.3 Å². The van der Waals surface area contributed by atoms with Crippen molar-refractivity contribution in [3.8, 4) is 0 Å². The van der Waals surface area contributed by atoms with Crippen LogP contribution < -0.4 is 5.32 Å². The summed E-state index contributed by atoms with van der Waals surface area (Å²) in [6.07, 6.45) is -0.868. The zero-order valence-corrected chi connectivity index (χ0v) is 21.6. The average Bonchev–Trinajstić information content (AvgIpc) is 2.86. The van der Waals surface area contributed by atoms with Gasteiger partial charge in [0, 0.05) is 36.8 Å². The Bertz CT molecular complexity index is 978. The number of halogens is 3. The van der Waals surface area contributed by atoms with Crippen molar-refractivity contribution < 1.29 is 24.1 Å². The Hall–Kier alpha value is -1.42. The van der Waals surface area contributed by atoms with E-state index in [9.17, 15) is 9.90 Å². The summed E-state index contributed by atoms with van der Waals surface area (Å²) in [5.41, 5.74) is 3.19. The summed E-state index contributed by atoms with van der Waals surface area (Å²) in [4.78, 5) is 14.3. The van der Waals surface area contributed by atoms with Gasteiger partial charge in [0.1, 0.15) is 0 Å². The molecule has 2 aromatic rings. The van der Waals surface area contributed by atoms with Gasteiger partial charge in [-0.15, -0.1) is 0 Å². The summed E-state index contributed by atoms with van der Waals surface area (Å²) >= 11 is 16.9. The number of alkyl halides is 3. The molecule has 0 spiro atoms. The van der Waals surface area contributed by atoms with Crippen LogP contribution in [-0.4, -0.2) is 58.7 Å². The first-order valence-corrected chi connectivity index (χ1v) is 12.7. The fourth-order valence-electron chi connectivity index (χ4n) is 4.29. The third-order valence-electron chi connectivity index (χ3n) is 6.36. The number of benzene rings is 2. The van der Waals surface area contributed by atoms with Gasteiger partial charge >= 0.3 is 0 Å². The van der Waals surface area contributed by atoms with Crippen LogP contribution in [0.3, 0.4) is 0 Å². The fraction of sp³-hybridized carbons (Fsp3) is 0.480. The molecule has 1 amide bonds. The molecule has 4 atom stereocenters. The third kappa shape index (κ3) is 6.87. The lowest BCUT2D eigenvalue weighted by molar-refractivity contribution is -0.277. The molecule has 2 aromatic carbocycles. The van der Waals surface area contributed by atoms with Crippen molar-refractivity contribution in [2.75, 3.05) is 38.2 Å². The van der Waals surface area contributed by atoms with E-state index in [1.165, 1.54) is 0 Å². The summed E-state index contributed by atoms with van der Waals surface area (Å²) in [7, 11) is 0. The molecule has 0 aliphatic carbocycles. The normalized spacial score (nSPS) is 25.9. The number of anilines is 1. The summed E-state index contributed by atoms with van der Waals surface area (Å²) in [6, 6.07) is 14.9. The van der Waals surface area contributed by atoms with Crippen LogP contribution >= 0.6 is 34.8 Å². The molecule has 7 nitrogen and oxygen atoms in total. The first-order valence-electron chi connectivity index (χ1n) is 11.5. The van der Waals surface area contributed by atoms with E-state index in [4.69, 9.17) is 49.0 Å². The number of morpholine rings is 1. The fourth-order valence-corrected chi connectivity index (χ4v) is 4.43. The molecule has 0 aromatic heterocycles. The highest BCUT2D eigenvalue weighted by atomic mass is 35.6. The maximum Gasteiger partial charge on any atom is 0.276 e. The quantitative estimate of drug-likeness (QED) is 0.518. The van der Waals surface area contributed by atoms with Crippen LogP contribution in [0.1, 0.15) is 36.0 Å². The Kier molecular flexibility index (Phi) is 8.94. The molecule has 190 valence electrons. The molecule has 2 fully saturated rings. The lowest BCUT2D eigenvalue weighted by Gasteiger charge is -2.43. The Labute approximate surface area is 220 Å². The van der Waals surface area contributed by atoms with Crippen molar-refractivity contribution in [3.63, 3.8) is 0 Å². The highest BCUT2D eigenvalue weighted by molar-refractivity contribution is 6.76. The SMILES string of the molecule is C[C@@H]1[C@H](CN2CCOCC2)O[C@H](c2ccc(NC(=O)C(Cl)(Cl)Cl)cc2)O[C@@H]1c1ccc(CO)cc1. The number of aliphatic hydroxyl groups excluding tert-OH is 1. The molecule has 0 unspecified atom stereocenters. The molecule has 10 heteroatoms. The van der Waals surface area contributed by atoms with Crippen molar-refractivity contribution in [2.45, 2.75) is 35.8 Å². The number of nitrogens with zero attached hydrogens (tertiary/aromatic N) is 1. The Morgan fingerprint density at radius 2 is 1.66 bits per heavy atom. The van der Waals surface area contributed by atoms with E-state index in [0.717, 1.165) is 36.3 Å². The molecule has 2 N–H and O–H groups in total. The number of ether oxygens (including phenoxy) is 3. The van der Waals surface area contributed by atoms with Crippen molar-refractivity contribution in [2.24, 2.45) is 5.92 Å². The van der Waals surface area contributed by atoms with E-state index < -0.39 is 16.0 Å². The van der Waals surface area contributed by atoms with Gasteiger partial charge in [0.05, 0.1) is 32.0 Å². The molecule has 35 heavy (non-hydrogen) atoms. The topological polar surface area (TPSA) is 80.3 Å². The highest BCUT2D eigenvalue weighted by Crippen LogP contribution is 2.42. The zero-order valence-electron chi connectivity index (χ0n) is 19.3. The minimum atomic E-state index is -2.05. The van der Waals surface area contributed by atoms with E-state index >= 15 is 0 Å². The van der Waals surface area contributed by atoms with Crippen LogP contribution in [0.4, 0.5) is 5.69 Å². The van der Waals surface area contributed by atoms with E-state index in [0.29, 0.717) is 18.9 Å². The Morgan fingerprint density at radius 1 is 1.03 bits per heavy atom. The largest absolute Gasteiger partial charge is 0.392 e. The van der Waals surface area contributed by atoms with Gasteiger partial charge in [-0.1, -0.05) is 78.1 Å². The maximum atomic E-state index is 11.9. The number of amides is 1. The van der Waals surface area contributed by atoms with Crippen molar-refractivity contribution in [3.05, 3.63) is 65.2 Å². The minimum Gasteiger partial charge on any atom is -0.392 e. The van der Waals surface area contributed by atoms with Crippen LogP contribution in [0.15, 0.2) is 48.5 Å². The van der Waals surface area contributed by atoms with Gasteiger partial charge < -0.3 is 24.6 Å². The molecular formula is C25H29Cl3N2O5. The third-order valence-corrected chi connectivity index (χ3v) is 6.88. The van der Waals surface area contributed by atoms with Gasteiger partial charge in [-0.25, -0.2) is 0 Å². The molecular weight excluding hydrogens is 515 g/mol. The lowest BCUT2D eigenvalue weighted by Crippen LogP contribution is -2.47. The molecule has 2 aliphatic heterocycles. The number of nitrogens with one attached hydrogen (secondary N) is 1. The summed E-state index contributed by atoms with van der Waals surface area (Å²) in [5, 5.41) is 12.0. The number of carbonyl (C=O) groups is 1. The van der Waals surface area contributed by atoms with Crippen LogP contribution in [0, 0.1) is 5.92 Å². The van der Waals surface area contributed by atoms with E-state index in [1.54, 1.807) is 12.1 Å². The molecule has 0 bridgehead atoms. The number of carbonyl (C=O) groups excluding carboxylic acids is 1. The van der Waals surface area contributed by atoms with Crippen molar-refractivity contribution in [1.29, 1.82) is 0 Å². The Balaban J connectivity index is 1.54. The second-order valence-corrected chi connectivity index (χ2v) is 11.1. The van der Waals surface area contributed by atoms with Gasteiger partial charge in [-0.3, -0.25) is 9.69 Å². The van der Waals surface area contributed by atoms with E-state index in [-0.39, 0.29) is 24.7 Å². The van der Waals surface area contributed by atoms with Gasteiger partial charge in [-0.2, -0.15) is 0 Å². The number of aliphatic hydroxyl groups is 1. The van der Waals surface area contributed by atoms with Crippen LogP contribution in [0.2, 0.25) is 0 Å². The lowest BCUT2D eigenvalue weighted by atomic mass is 9.90. The molecule has 4 rings (SSSR count). The predicted molar refractivity (Wildman–Crippen MR) is 136 cm³/mol. The van der Waals surface area contributed by atoms with Gasteiger partial charge in [0.25, 0.3) is 9.70 Å². The molecule has 0 saturated carbocycles. The first kappa shape index (κ1) is 26.6. The van der Waals surface area contributed by atoms with E-state index in [2.05, 4.69) is 17.1 Å². The van der Waals surface area contributed by atoms with Crippen LogP contribution in [0.5, 0.6) is 0 Å². The summed E-state index contributed by atoms with van der Waals surface area (Å²) < 4.78 is 16.4. The predicted octanol–water partition coefficient (Wildman–Crippen LogP) is 4.61. The second-order valence-electron chi connectivity index (χ2n) is 8.81. The second kappa shape index (κ2) is 11.8. The van der Waals surface area contributed by atoms with Crippen molar-refractivity contribution >= 4 is 46.4 Å². The number of hydrogen-bond donors (Lipinski definition) is 2. The van der Waals surface area contributed by atoms with E-state index in [1.807, 2.05) is 36.4 Å². The molecule has 2 saturated heterocycles. The van der Waals surface area contributed by atoms with Gasteiger partial charge in [0.15, 0.2) is 6.29 Å². The zero-order chi connectivity index (χ0) is 25.0. The standard InChI is InChI=1S/C25H29Cl3N2O5/c1-16-21(14-30-10-12-33-13-11-30)34-23(35-22(16)18-4-2-17(15-31)3-5-18)19-6-8-20(9-7-19)29-24(32)25(26,27)28/h2-9,16,21-23,31H,10-15H2,1H3,(H,29,32)/t16-,21+,22+,23+/m1/s1. The number of rotatable bonds is 6. The maximum absolute atomic E-state index is 11.9. The monoisotopic (exact) mass is 542 g/mol. The Morgan fingerprint density at radius 3 is 2.26 bits per heavy atom. The minimum absolute atomic E-state index is 0.00604. The summed E-state index contributed by atoms with van der Waals surface area (Å²) in [6.45, 7) is 6.07. The smallest absolute Gasteiger partial charge is 0.276 e. The van der Waals surface area contributed by atoms with Crippen molar-refractivity contribution in [1.82, 2.24) is 4.90 Å². The average molecular weight is 544 g/mol. The highest BCUT2D eigenvalue weighted by Gasteiger charge is 2.39. The first-order chi connectivity index (χ1) is 16.7. The summed E-state index contributed by atoms with van der Waals surface area (Å²) in [5.74, 6) is -0.636. The molecule has 2 aliphatic rings. The molecule has 0 radical (unpaired) electrons. The number of hydrogen-bond acceptors (Lipinski definition) is 6. The van der Waals surface area contributed by atoms with Crippen LogP contribution in [0.25, 0.3) is 0 Å². The molecule has 2 heterocycles. The van der Waals surface area contributed by atoms with Crippen LogP contribution in [-0.2, 0) is 25.6 Å².